The fourth-order valence-electron chi connectivity index (χ4n) is 8.72. The number of allylic oxidation sites excluding steroid dienone is 2. The first-order valence-electron chi connectivity index (χ1n) is 16.1. The maximum Gasteiger partial charge on any atom is 0.319 e. The Morgan fingerprint density at radius 2 is 1.98 bits per heavy atom. The first-order chi connectivity index (χ1) is 21.8. The van der Waals surface area contributed by atoms with Gasteiger partial charge in [0.2, 0.25) is 0 Å². The molecule has 2 aromatic carbocycles. The Balaban J connectivity index is 1.20. The first kappa shape index (κ1) is 28.0. The molecule has 7 nitrogen and oxygen atoms in total. The van der Waals surface area contributed by atoms with Gasteiger partial charge < -0.3 is 20.7 Å². The number of piperazine rings is 1. The van der Waals surface area contributed by atoms with Crippen molar-refractivity contribution in [3.63, 3.8) is 0 Å². The van der Waals surface area contributed by atoms with Crippen molar-refractivity contribution in [1.82, 2.24) is 20.2 Å². The molecule has 9 rings (SSSR count). The number of nitrogens with one attached hydrogen (secondary N) is 1. The number of hydrogen-bond donors (Lipinski definition) is 2. The monoisotopic (exact) mass is 632 g/mol. The number of nitrogens with zero attached hydrogens (tertiary/aromatic N) is 4. The summed E-state index contributed by atoms with van der Waals surface area (Å²) in [5.41, 5.74) is 8.48. The molecule has 11 heteroatoms. The lowest BCUT2D eigenvalue weighted by Crippen LogP contribution is -2.51. The molecule has 3 unspecified atom stereocenters. The van der Waals surface area contributed by atoms with Crippen LogP contribution in [0.5, 0.6) is 6.01 Å². The van der Waals surface area contributed by atoms with Gasteiger partial charge in [-0.2, -0.15) is 9.97 Å². The standard InChI is InChI=1S/C34H35F3N6OS/c35-20-13-34(10-1-11-43(34)14-20)17-44-33-40-30-24(32(41-33)42-15-21-5-6-22(16-42)39-21)12-19-3-2-18-4-9-26(38)45-31-25(36)8-7-23(28(18)31)27(19)29(30)37/h2-3,7-9,12,18,20-22,39H,1,4-6,10-11,13-17,38H2/t18?,20-,21?,22?,34+/m1/s1. The van der Waals surface area contributed by atoms with Gasteiger partial charge in [-0.1, -0.05) is 36.1 Å². The Labute approximate surface area is 264 Å². The number of fused-ring (bicyclic) bond motifs is 6. The number of benzene rings is 2. The lowest BCUT2D eigenvalue weighted by Gasteiger charge is -2.35. The van der Waals surface area contributed by atoms with Crippen molar-refractivity contribution in [1.29, 1.82) is 0 Å². The van der Waals surface area contributed by atoms with Crippen LogP contribution in [0.3, 0.4) is 0 Å². The van der Waals surface area contributed by atoms with Crippen LogP contribution in [0.2, 0.25) is 0 Å². The van der Waals surface area contributed by atoms with E-state index in [0.717, 1.165) is 50.9 Å². The quantitative estimate of drug-likeness (QED) is 0.370. The van der Waals surface area contributed by atoms with E-state index in [2.05, 4.69) is 15.1 Å². The highest BCUT2D eigenvalue weighted by Crippen LogP contribution is 2.49. The van der Waals surface area contributed by atoms with Crippen LogP contribution in [0.15, 0.2) is 40.3 Å². The van der Waals surface area contributed by atoms with Gasteiger partial charge in [0.25, 0.3) is 0 Å². The molecule has 6 heterocycles. The highest BCUT2D eigenvalue weighted by molar-refractivity contribution is 8.03. The third-order valence-corrected chi connectivity index (χ3v) is 11.8. The smallest absolute Gasteiger partial charge is 0.319 e. The summed E-state index contributed by atoms with van der Waals surface area (Å²) in [6, 6.07) is 5.86. The predicted octanol–water partition coefficient (Wildman–Crippen LogP) is 5.88. The van der Waals surface area contributed by atoms with Gasteiger partial charge in [-0.25, -0.2) is 13.2 Å². The highest BCUT2D eigenvalue weighted by atomic mass is 32.2. The van der Waals surface area contributed by atoms with Gasteiger partial charge >= 0.3 is 6.01 Å². The zero-order valence-electron chi connectivity index (χ0n) is 24.9. The summed E-state index contributed by atoms with van der Waals surface area (Å²) in [5.74, 6) is -0.334. The van der Waals surface area contributed by atoms with Gasteiger partial charge in [0.1, 0.15) is 29.9 Å². The largest absolute Gasteiger partial charge is 0.461 e. The van der Waals surface area contributed by atoms with Crippen LogP contribution in [0.25, 0.3) is 28.1 Å². The van der Waals surface area contributed by atoms with Gasteiger partial charge in [-0.05, 0) is 67.5 Å². The van der Waals surface area contributed by atoms with E-state index in [4.69, 9.17) is 20.4 Å². The van der Waals surface area contributed by atoms with Crippen LogP contribution in [0.4, 0.5) is 19.0 Å². The van der Waals surface area contributed by atoms with Crippen molar-refractivity contribution >= 4 is 34.6 Å². The summed E-state index contributed by atoms with van der Waals surface area (Å²) < 4.78 is 53.2. The Kier molecular flexibility index (Phi) is 6.45. The molecular weight excluding hydrogens is 597 g/mol. The lowest BCUT2D eigenvalue weighted by molar-refractivity contribution is 0.107. The van der Waals surface area contributed by atoms with Crippen molar-refractivity contribution in [2.75, 3.05) is 37.7 Å². The SMILES string of the molecule is NC1=CCC2C=Cc3cc4c(N5CC6CCC(C5)N6)nc(OC[C@@]56CCCN5C[C@H](F)C6)nc4c(F)c3-c3ccc(F)c(c32)S1. The van der Waals surface area contributed by atoms with E-state index in [-0.39, 0.29) is 35.4 Å². The second-order valence-electron chi connectivity index (χ2n) is 13.5. The summed E-state index contributed by atoms with van der Waals surface area (Å²) >= 11 is 1.19. The molecule has 2 bridgehead atoms. The van der Waals surface area contributed by atoms with Crippen molar-refractivity contribution in [2.24, 2.45) is 5.73 Å². The number of nitrogens with two attached hydrogens (primary N) is 1. The van der Waals surface area contributed by atoms with Crippen molar-refractivity contribution < 1.29 is 17.9 Å². The summed E-state index contributed by atoms with van der Waals surface area (Å²) in [7, 11) is 0. The number of hydrogen-bond acceptors (Lipinski definition) is 8. The minimum Gasteiger partial charge on any atom is -0.461 e. The van der Waals surface area contributed by atoms with Gasteiger partial charge in [0, 0.05) is 55.0 Å². The molecule has 234 valence electrons. The Bertz CT molecular complexity index is 1790. The number of alkyl halides is 1. The molecule has 3 N–H and O–H groups in total. The van der Waals surface area contributed by atoms with E-state index in [1.807, 2.05) is 24.3 Å². The molecule has 1 aliphatic carbocycles. The predicted molar refractivity (Wildman–Crippen MR) is 170 cm³/mol. The normalized spacial score (nSPS) is 30.1. The Morgan fingerprint density at radius 3 is 2.82 bits per heavy atom. The van der Waals surface area contributed by atoms with E-state index in [1.54, 1.807) is 6.07 Å². The molecule has 5 atom stereocenters. The lowest BCUT2D eigenvalue weighted by atomic mass is 9.88. The summed E-state index contributed by atoms with van der Waals surface area (Å²) in [6.45, 7) is 3.06. The van der Waals surface area contributed by atoms with Crippen LogP contribution < -0.4 is 20.7 Å². The van der Waals surface area contributed by atoms with Gasteiger partial charge in [-0.3, -0.25) is 4.90 Å². The van der Waals surface area contributed by atoms with Crippen LogP contribution >= 0.6 is 11.8 Å². The molecule has 4 saturated heterocycles. The van der Waals surface area contributed by atoms with Crippen molar-refractivity contribution in [3.05, 3.63) is 58.1 Å². The molecule has 0 spiro atoms. The van der Waals surface area contributed by atoms with E-state index >= 15 is 8.78 Å². The van der Waals surface area contributed by atoms with Crippen LogP contribution in [-0.4, -0.2) is 71.4 Å². The Morgan fingerprint density at radius 1 is 1.13 bits per heavy atom. The van der Waals surface area contributed by atoms with Gasteiger partial charge in [0.15, 0.2) is 5.82 Å². The summed E-state index contributed by atoms with van der Waals surface area (Å²) in [5, 5.41) is 4.83. The highest BCUT2D eigenvalue weighted by Gasteiger charge is 2.49. The molecule has 0 radical (unpaired) electrons. The number of ether oxygens (including phenoxy) is 1. The zero-order chi connectivity index (χ0) is 30.4. The molecule has 1 aromatic heterocycles. The van der Waals surface area contributed by atoms with E-state index in [1.165, 1.54) is 17.8 Å². The number of rotatable bonds is 4. The fraction of sp³-hybridized carbons (Fsp3) is 0.471. The zero-order valence-corrected chi connectivity index (χ0v) is 25.7. The van der Waals surface area contributed by atoms with E-state index in [9.17, 15) is 4.39 Å². The molecule has 3 aromatic rings. The minimum atomic E-state index is -0.877. The number of thioether (sulfide) groups is 1. The average Bonchev–Trinajstić information content (AvgIpc) is 3.58. The van der Waals surface area contributed by atoms with Crippen LogP contribution in [0, 0.1) is 11.6 Å². The number of halogens is 3. The molecular formula is C34H35F3N6OS. The second kappa shape index (κ2) is 10.4. The third-order valence-electron chi connectivity index (χ3n) is 10.8. The first-order valence-corrected chi connectivity index (χ1v) is 16.9. The summed E-state index contributed by atoms with van der Waals surface area (Å²) in [6.07, 6.45) is 10.1. The fourth-order valence-corrected chi connectivity index (χ4v) is 9.67. The van der Waals surface area contributed by atoms with Crippen molar-refractivity contribution in [2.45, 2.75) is 73.1 Å². The van der Waals surface area contributed by atoms with E-state index < -0.39 is 12.0 Å². The topological polar surface area (TPSA) is 79.5 Å². The minimum absolute atomic E-state index is 0.110. The molecule has 4 fully saturated rings. The number of aromatic nitrogens is 2. The van der Waals surface area contributed by atoms with Crippen LogP contribution in [-0.2, 0) is 0 Å². The average molecular weight is 633 g/mol. The second-order valence-corrected chi connectivity index (χ2v) is 14.6. The molecule has 0 amide bonds. The van der Waals surface area contributed by atoms with Crippen molar-refractivity contribution in [3.8, 4) is 17.1 Å². The van der Waals surface area contributed by atoms with Gasteiger partial charge in [0.05, 0.1) is 15.5 Å². The Hall–Kier alpha value is -3.28. The third kappa shape index (κ3) is 4.48. The van der Waals surface area contributed by atoms with E-state index in [0.29, 0.717) is 69.3 Å². The maximum absolute atomic E-state index is 17.2. The van der Waals surface area contributed by atoms with Gasteiger partial charge in [-0.15, -0.1) is 0 Å². The maximum atomic E-state index is 17.2. The summed E-state index contributed by atoms with van der Waals surface area (Å²) in [4.78, 5) is 14.5. The van der Waals surface area contributed by atoms with Crippen LogP contribution in [0.1, 0.15) is 55.6 Å². The molecule has 45 heavy (non-hydrogen) atoms. The molecule has 6 aliphatic rings. The number of anilines is 1. The molecule has 5 aliphatic heterocycles. The molecule has 0 saturated carbocycles.